The minimum atomic E-state index is -0.518. The van der Waals surface area contributed by atoms with Crippen LogP contribution in [-0.2, 0) is 4.74 Å². The number of nitrogens with zero attached hydrogens (tertiary/aromatic N) is 1. The number of benzene rings is 2. The van der Waals surface area contributed by atoms with E-state index < -0.39 is 17.8 Å². The normalized spacial score (nSPS) is 14.1. The molecule has 0 saturated heterocycles. The minimum absolute atomic E-state index is 0.163. The molecule has 7 heteroatoms. The van der Waals surface area contributed by atoms with Crippen molar-refractivity contribution in [2.24, 2.45) is 0 Å². The van der Waals surface area contributed by atoms with Gasteiger partial charge in [0.15, 0.2) is 0 Å². The Morgan fingerprint density at radius 1 is 0.967 bits per heavy atom. The number of esters is 1. The zero-order valence-corrected chi connectivity index (χ0v) is 18.4. The first kappa shape index (κ1) is 22.3. The molecule has 3 rings (SSSR count). The molecule has 0 aromatic heterocycles. The van der Waals surface area contributed by atoms with E-state index in [-0.39, 0.29) is 27.8 Å². The maximum atomic E-state index is 12.9. The number of hydrogen-bond donors (Lipinski definition) is 0. The molecule has 0 unspecified atom stereocenters. The summed E-state index contributed by atoms with van der Waals surface area (Å²) in [6.45, 7) is 4.00. The van der Waals surface area contributed by atoms with Crippen molar-refractivity contribution in [2.45, 2.75) is 52.1 Å². The van der Waals surface area contributed by atoms with Crippen LogP contribution < -0.4 is 4.90 Å². The van der Waals surface area contributed by atoms with Gasteiger partial charge in [0.25, 0.3) is 11.8 Å². The van der Waals surface area contributed by atoms with Crippen LogP contribution in [0.25, 0.3) is 0 Å². The molecule has 2 aromatic carbocycles. The number of rotatable bonds is 8. The summed E-state index contributed by atoms with van der Waals surface area (Å²) in [7, 11) is 0. The standard InChI is InChI=1S/C23H23Cl2NO4/c1-3-4-5-6-7-14(2)30-23(29)15-8-10-17-18(12-15)22(28)26(21(17)27)16-9-11-19(24)20(25)13-16/h8-14H,3-7H2,1-2H3/t14-/m0/s1. The van der Waals surface area contributed by atoms with Crippen molar-refractivity contribution in [3.05, 3.63) is 63.1 Å². The van der Waals surface area contributed by atoms with Gasteiger partial charge in [-0.05, 0) is 56.2 Å². The van der Waals surface area contributed by atoms with E-state index in [1.807, 2.05) is 6.92 Å². The van der Waals surface area contributed by atoms with Crippen molar-refractivity contribution in [1.29, 1.82) is 0 Å². The Morgan fingerprint density at radius 3 is 2.40 bits per heavy atom. The summed E-state index contributed by atoms with van der Waals surface area (Å²) in [6, 6.07) is 8.93. The molecular formula is C23H23Cl2NO4. The molecule has 1 aliphatic heterocycles. The molecule has 0 bridgehead atoms. The summed E-state index contributed by atoms with van der Waals surface area (Å²) in [5, 5.41) is 0.564. The first-order valence-corrected chi connectivity index (χ1v) is 10.8. The van der Waals surface area contributed by atoms with Gasteiger partial charge in [-0.25, -0.2) is 9.69 Å². The van der Waals surface area contributed by atoms with Crippen molar-refractivity contribution in [3.63, 3.8) is 0 Å². The minimum Gasteiger partial charge on any atom is -0.459 e. The van der Waals surface area contributed by atoms with E-state index in [2.05, 4.69) is 6.92 Å². The highest BCUT2D eigenvalue weighted by Crippen LogP contribution is 2.33. The molecule has 1 heterocycles. The van der Waals surface area contributed by atoms with E-state index in [9.17, 15) is 14.4 Å². The number of imide groups is 1. The fourth-order valence-electron chi connectivity index (χ4n) is 3.39. The number of ether oxygens (including phenoxy) is 1. The van der Waals surface area contributed by atoms with E-state index in [4.69, 9.17) is 27.9 Å². The van der Waals surface area contributed by atoms with Gasteiger partial charge in [-0.15, -0.1) is 0 Å². The van der Waals surface area contributed by atoms with Crippen LogP contribution in [0, 0.1) is 0 Å². The third-order valence-corrected chi connectivity index (χ3v) is 5.80. The third kappa shape index (κ3) is 4.68. The molecule has 30 heavy (non-hydrogen) atoms. The number of anilines is 1. The van der Waals surface area contributed by atoms with Crippen LogP contribution in [0.1, 0.15) is 77.0 Å². The van der Waals surface area contributed by atoms with Gasteiger partial charge in [0.2, 0.25) is 0 Å². The Labute approximate surface area is 185 Å². The molecule has 1 aliphatic rings. The lowest BCUT2D eigenvalue weighted by Gasteiger charge is -2.14. The highest BCUT2D eigenvalue weighted by molar-refractivity contribution is 6.42. The molecule has 5 nitrogen and oxygen atoms in total. The second-order valence-electron chi connectivity index (χ2n) is 7.37. The SMILES string of the molecule is CCCCCC[C@H](C)OC(=O)c1ccc2c(c1)C(=O)N(c1ccc(Cl)c(Cl)c1)C2=O. The highest BCUT2D eigenvalue weighted by Gasteiger charge is 2.37. The van der Waals surface area contributed by atoms with Gasteiger partial charge in [-0.1, -0.05) is 49.4 Å². The van der Waals surface area contributed by atoms with Gasteiger partial charge in [0, 0.05) is 0 Å². The van der Waals surface area contributed by atoms with E-state index in [0.29, 0.717) is 10.7 Å². The predicted octanol–water partition coefficient (Wildman–Crippen LogP) is 6.31. The topological polar surface area (TPSA) is 63.7 Å². The molecule has 0 spiro atoms. The van der Waals surface area contributed by atoms with E-state index in [1.165, 1.54) is 30.3 Å². The quantitative estimate of drug-likeness (QED) is 0.270. The second kappa shape index (κ2) is 9.63. The van der Waals surface area contributed by atoms with Gasteiger partial charge in [0.1, 0.15) is 0 Å². The number of amides is 2. The third-order valence-electron chi connectivity index (χ3n) is 5.06. The van der Waals surface area contributed by atoms with Gasteiger partial charge in [-0.2, -0.15) is 0 Å². The largest absolute Gasteiger partial charge is 0.459 e. The number of halogens is 2. The van der Waals surface area contributed by atoms with Crippen LogP contribution in [0.15, 0.2) is 36.4 Å². The van der Waals surface area contributed by atoms with Gasteiger partial charge >= 0.3 is 5.97 Å². The van der Waals surface area contributed by atoms with E-state index >= 15 is 0 Å². The second-order valence-corrected chi connectivity index (χ2v) is 8.18. The van der Waals surface area contributed by atoms with Crippen LogP contribution in [0.2, 0.25) is 10.0 Å². The lowest BCUT2D eigenvalue weighted by Crippen LogP contribution is -2.29. The summed E-state index contributed by atoms with van der Waals surface area (Å²) in [5.41, 5.74) is 0.957. The molecule has 0 N–H and O–H groups in total. The monoisotopic (exact) mass is 447 g/mol. The van der Waals surface area contributed by atoms with Crippen molar-refractivity contribution in [3.8, 4) is 0 Å². The Kier molecular flexibility index (Phi) is 7.16. The van der Waals surface area contributed by atoms with Crippen LogP contribution in [0.5, 0.6) is 0 Å². The average Bonchev–Trinajstić information content (AvgIpc) is 2.97. The summed E-state index contributed by atoms with van der Waals surface area (Å²) >= 11 is 11.9. The van der Waals surface area contributed by atoms with Crippen LogP contribution in [-0.4, -0.2) is 23.9 Å². The molecular weight excluding hydrogens is 425 g/mol. The zero-order valence-electron chi connectivity index (χ0n) is 16.9. The molecule has 0 fully saturated rings. The summed E-state index contributed by atoms with van der Waals surface area (Å²) in [4.78, 5) is 39.2. The Bertz CT molecular complexity index is 989. The van der Waals surface area contributed by atoms with Crippen LogP contribution in [0.3, 0.4) is 0 Å². The lowest BCUT2D eigenvalue weighted by molar-refractivity contribution is 0.0319. The fourth-order valence-corrected chi connectivity index (χ4v) is 3.69. The number of carbonyl (C=O) groups excluding carboxylic acids is 3. The first-order valence-electron chi connectivity index (χ1n) is 10.0. The number of carbonyl (C=O) groups is 3. The van der Waals surface area contributed by atoms with Crippen molar-refractivity contribution < 1.29 is 19.1 Å². The highest BCUT2D eigenvalue weighted by atomic mass is 35.5. The summed E-state index contributed by atoms with van der Waals surface area (Å²) in [6.07, 6.45) is 5.00. The molecule has 0 saturated carbocycles. The maximum Gasteiger partial charge on any atom is 0.338 e. The van der Waals surface area contributed by atoms with Gasteiger partial charge in [0.05, 0.1) is 38.5 Å². The number of unbranched alkanes of at least 4 members (excludes halogenated alkanes) is 3. The van der Waals surface area contributed by atoms with Crippen molar-refractivity contribution >= 4 is 46.7 Å². The molecule has 0 radical (unpaired) electrons. The Hall–Kier alpha value is -2.37. The van der Waals surface area contributed by atoms with E-state index in [0.717, 1.165) is 37.0 Å². The molecule has 158 valence electrons. The fraction of sp³-hybridized carbons (Fsp3) is 0.348. The first-order chi connectivity index (χ1) is 14.3. The van der Waals surface area contributed by atoms with Gasteiger partial charge < -0.3 is 4.74 Å². The molecule has 1 atom stereocenters. The smallest absolute Gasteiger partial charge is 0.338 e. The molecule has 0 aliphatic carbocycles. The molecule has 2 aromatic rings. The predicted molar refractivity (Wildman–Crippen MR) is 118 cm³/mol. The number of hydrogen-bond acceptors (Lipinski definition) is 4. The maximum absolute atomic E-state index is 12.9. The Morgan fingerprint density at radius 2 is 1.70 bits per heavy atom. The van der Waals surface area contributed by atoms with Gasteiger partial charge in [-0.3, -0.25) is 9.59 Å². The summed E-state index contributed by atoms with van der Waals surface area (Å²) in [5.74, 6) is -1.50. The Balaban J connectivity index is 1.75. The van der Waals surface area contributed by atoms with Crippen LogP contribution >= 0.6 is 23.2 Å². The zero-order chi connectivity index (χ0) is 21.8. The molecule has 2 amide bonds. The van der Waals surface area contributed by atoms with Crippen molar-refractivity contribution in [2.75, 3.05) is 4.90 Å². The van der Waals surface area contributed by atoms with Crippen LogP contribution in [0.4, 0.5) is 5.69 Å². The average molecular weight is 448 g/mol. The lowest BCUT2D eigenvalue weighted by atomic mass is 10.1. The summed E-state index contributed by atoms with van der Waals surface area (Å²) < 4.78 is 5.50. The van der Waals surface area contributed by atoms with Crippen molar-refractivity contribution in [1.82, 2.24) is 0 Å². The number of fused-ring (bicyclic) bond motifs is 1. The van der Waals surface area contributed by atoms with E-state index in [1.54, 1.807) is 6.07 Å².